The predicted molar refractivity (Wildman–Crippen MR) is 95.2 cm³/mol. The molecule has 2 aromatic rings. The number of carbonyl (C=O) groups excluding carboxylic acids is 1. The fraction of sp³-hybridized carbons (Fsp3) is 0.474. The van der Waals surface area contributed by atoms with Crippen LogP contribution in [0.3, 0.4) is 0 Å². The van der Waals surface area contributed by atoms with Crippen molar-refractivity contribution in [2.75, 3.05) is 0 Å². The summed E-state index contributed by atoms with van der Waals surface area (Å²) in [4.78, 5) is 12.2. The van der Waals surface area contributed by atoms with Gasteiger partial charge in [-0.2, -0.15) is 5.10 Å². The molecule has 0 spiro atoms. The average molecular weight is 326 g/mol. The molecule has 1 aliphatic rings. The second-order valence-corrected chi connectivity index (χ2v) is 6.74. The number of hydrogen-bond donors (Lipinski definition) is 2. The van der Waals surface area contributed by atoms with Gasteiger partial charge in [0.05, 0.1) is 11.4 Å². The number of nitrogens with zero attached hydrogens (tertiary/aromatic N) is 2. The maximum atomic E-state index is 12.2. The Morgan fingerprint density at radius 3 is 2.67 bits per heavy atom. The molecule has 0 radical (unpaired) electrons. The molecule has 24 heavy (non-hydrogen) atoms. The van der Waals surface area contributed by atoms with E-state index in [9.17, 15) is 4.79 Å². The summed E-state index contributed by atoms with van der Waals surface area (Å²) in [5.41, 5.74) is 4.13. The maximum Gasteiger partial charge on any atom is 0.315 e. The van der Waals surface area contributed by atoms with Crippen molar-refractivity contribution in [3.05, 3.63) is 47.3 Å². The van der Waals surface area contributed by atoms with Crippen LogP contribution >= 0.6 is 0 Å². The van der Waals surface area contributed by atoms with Crippen molar-refractivity contribution in [2.45, 2.75) is 52.6 Å². The Labute approximate surface area is 143 Å². The molecule has 2 atom stereocenters. The highest BCUT2D eigenvalue weighted by molar-refractivity contribution is 5.74. The van der Waals surface area contributed by atoms with Gasteiger partial charge in [0.15, 0.2) is 0 Å². The lowest BCUT2D eigenvalue weighted by Gasteiger charge is -2.17. The number of para-hydroxylation sites is 1. The number of urea groups is 1. The van der Waals surface area contributed by atoms with Crippen molar-refractivity contribution < 1.29 is 4.79 Å². The number of benzene rings is 1. The summed E-state index contributed by atoms with van der Waals surface area (Å²) in [6, 6.07) is 10.3. The summed E-state index contributed by atoms with van der Waals surface area (Å²) in [6.45, 7) is 6.73. The molecule has 128 valence electrons. The standard InChI is InChI=1S/C19H26N4O/c1-13-8-7-11-18(13)21-19(24)20-12-17-14(2)22-23(15(17)3)16-9-5-4-6-10-16/h4-6,9-10,13,18H,7-8,11-12H2,1-3H3,(H2,20,21,24). The van der Waals surface area contributed by atoms with E-state index in [0.717, 1.165) is 29.1 Å². The normalized spacial score (nSPS) is 20.1. The minimum Gasteiger partial charge on any atom is -0.335 e. The van der Waals surface area contributed by atoms with Gasteiger partial charge in [-0.25, -0.2) is 9.48 Å². The van der Waals surface area contributed by atoms with Gasteiger partial charge >= 0.3 is 6.03 Å². The Balaban J connectivity index is 1.65. The van der Waals surface area contributed by atoms with Crippen LogP contribution in [-0.4, -0.2) is 21.9 Å². The number of hydrogen-bond acceptors (Lipinski definition) is 2. The molecule has 1 aromatic carbocycles. The third-order valence-electron chi connectivity index (χ3n) is 5.05. The monoisotopic (exact) mass is 326 g/mol. The second-order valence-electron chi connectivity index (χ2n) is 6.74. The first-order chi connectivity index (χ1) is 11.6. The van der Waals surface area contributed by atoms with E-state index in [1.165, 1.54) is 12.8 Å². The van der Waals surface area contributed by atoms with E-state index in [1.54, 1.807) is 0 Å². The first kappa shape index (κ1) is 16.6. The van der Waals surface area contributed by atoms with Gasteiger partial charge in [0.2, 0.25) is 0 Å². The number of amides is 2. The Morgan fingerprint density at radius 1 is 1.25 bits per heavy atom. The predicted octanol–water partition coefficient (Wildman–Crippen LogP) is 3.48. The van der Waals surface area contributed by atoms with Crippen LogP contribution in [0.5, 0.6) is 0 Å². The second kappa shape index (κ2) is 7.07. The number of nitrogens with one attached hydrogen (secondary N) is 2. The van der Waals surface area contributed by atoms with Gasteiger partial charge in [-0.15, -0.1) is 0 Å². The van der Waals surface area contributed by atoms with Crippen LogP contribution in [0.2, 0.25) is 0 Å². The lowest BCUT2D eigenvalue weighted by atomic mass is 10.1. The zero-order chi connectivity index (χ0) is 17.1. The average Bonchev–Trinajstić information content (AvgIpc) is 3.10. The van der Waals surface area contributed by atoms with Crippen LogP contribution in [0, 0.1) is 19.8 Å². The van der Waals surface area contributed by atoms with Crippen molar-refractivity contribution in [1.82, 2.24) is 20.4 Å². The Kier molecular flexibility index (Phi) is 4.88. The van der Waals surface area contributed by atoms with E-state index in [1.807, 2.05) is 48.9 Å². The highest BCUT2D eigenvalue weighted by Gasteiger charge is 2.24. The van der Waals surface area contributed by atoms with Gasteiger partial charge in [-0.05, 0) is 44.7 Å². The molecule has 1 aromatic heterocycles. The summed E-state index contributed by atoms with van der Waals surface area (Å²) in [5, 5.41) is 10.7. The molecule has 2 N–H and O–H groups in total. The quantitative estimate of drug-likeness (QED) is 0.904. The number of aryl methyl sites for hydroxylation is 1. The highest BCUT2D eigenvalue weighted by Crippen LogP contribution is 2.24. The molecule has 1 aliphatic carbocycles. The molecule has 0 bridgehead atoms. The van der Waals surface area contributed by atoms with Gasteiger partial charge in [-0.3, -0.25) is 0 Å². The van der Waals surface area contributed by atoms with Crippen molar-refractivity contribution in [2.24, 2.45) is 5.92 Å². The minimum absolute atomic E-state index is 0.0833. The molecule has 2 unspecified atom stereocenters. The van der Waals surface area contributed by atoms with E-state index < -0.39 is 0 Å². The highest BCUT2D eigenvalue weighted by atomic mass is 16.2. The van der Waals surface area contributed by atoms with Gasteiger partial charge in [0.25, 0.3) is 0 Å². The molecule has 1 heterocycles. The third kappa shape index (κ3) is 3.45. The molecule has 3 rings (SSSR count). The number of carbonyl (C=O) groups is 1. The van der Waals surface area contributed by atoms with E-state index >= 15 is 0 Å². The number of aromatic nitrogens is 2. The zero-order valence-electron chi connectivity index (χ0n) is 14.7. The Hall–Kier alpha value is -2.30. The van der Waals surface area contributed by atoms with Crippen molar-refractivity contribution in [3.8, 4) is 5.69 Å². The minimum atomic E-state index is -0.0833. The van der Waals surface area contributed by atoms with Crippen molar-refractivity contribution in [3.63, 3.8) is 0 Å². The van der Waals surface area contributed by atoms with Crippen LogP contribution in [0.4, 0.5) is 4.79 Å². The van der Waals surface area contributed by atoms with Crippen LogP contribution in [0.1, 0.15) is 43.1 Å². The first-order valence-corrected chi connectivity index (χ1v) is 8.71. The van der Waals surface area contributed by atoms with Crippen molar-refractivity contribution in [1.29, 1.82) is 0 Å². The van der Waals surface area contributed by atoms with E-state index in [2.05, 4.69) is 22.7 Å². The summed E-state index contributed by atoms with van der Waals surface area (Å²) in [6.07, 6.45) is 3.49. The Bertz CT molecular complexity index is 708. The summed E-state index contributed by atoms with van der Waals surface area (Å²) in [5.74, 6) is 0.569. The van der Waals surface area contributed by atoms with Gasteiger partial charge in [0, 0.05) is 23.8 Å². The molecule has 0 saturated heterocycles. The molecule has 5 nitrogen and oxygen atoms in total. The SMILES string of the molecule is Cc1nn(-c2ccccc2)c(C)c1CNC(=O)NC1CCCC1C. The van der Waals surface area contributed by atoms with Crippen LogP contribution < -0.4 is 10.6 Å². The van der Waals surface area contributed by atoms with Crippen LogP contribution in [-0.2, 0) is 6.54 Å². The molecular formula is C19H26N4O. The molecule has 2 amide bonds. The lowest BCUT2D eigenvalue weighted by Crippen LogP contribution is -2.42. The molecule has 1 saturated carbocycles. The lowest BCUT2D eigenvalue weighted by molar-refractivity contribution is 0.234. The van der Waals surface area contributed by atoms with Crippen LogP contribution in [0.15, 0.2) is 30.3 Å². The first-order valence-electron chi connectivity index (χ1n) is 8.71. The van der Waals surface area contributed by atoms with Gasteiger partial charge in [0.1, 0.15) is 0 Å². The molecule has 5 heteroatoms. The smallest absolute Gasteiger partial charge is 0.315 e. The van der Waals surface area contributed by atoms with Crippen LogP contribution in [0.25, 0.3) is 5.69 Å². The summed E-state index contributed by atoms with van der Waals surface area (Å²) < 4.78 is 1.93. The van der Waals surface area contributed by atoms with E-state index in [0.29, 0.717) is 18.5 Å². The maximum absolute atomic E-state index is 12.2. The van der Waals surface area contributed by atoms with Crippen molar-refractivity contribution >= 4 is 6.03 Å². The van der Waals surface area contributed by atoms with E-state index in [4.69, 9.17) is 0 Å². The third-order valence-corrected chi connectivity index (χ3v) is 5.05. The fourth-order valence-electron chi connectivity index (χ4n) is 3.50. The zero-order valence-corrected chi connectivity index (χ0v) is 14.7. The largest absolute Gasteiger partial charge is 0.335 e. The summed E-state index contributed by atoms with van der Waals surface area (Å²) in [7, 11) is 0. The number of rotatable bonds is 4. The molecule has 1 fully saturated rings. The van der Waals surface area contributed by atoms with E-state index in [-0.39, 0.29) is 6.03 Å². The summed E-state index contributed by atoms with van der Waals surface area (Å²) >= 11 is 0. The topological polar surface area (TPSA) is 59.0 Å². The fourth-order valence-corrected chi connectivity index (χ4v) is 3.50. The van der Waals surface area contributed by atoms with Gasteiger partial charge < -0.3 is 10.6 Å². The molecular weight excluding hydrogens is 300 g/mol. The molecule has 0 aliphatic heterocycles. The Morgan fingerprint density at radius 2 is 2.00 bits per heavy atom. The van der Waals surface area contributed by atoms with Gasteiger partial charge in [-0.1, -0.05) is 31.5 Å².